The first kappa shape index (κ1) is 17.9. The van der Waals surface area contributed by atoms with Crippen LogP contribution in [0.1, 0.15) is 27.3 Å². The molecule has 0 radical (unpaired) electrons. The van der Waals surface area contributed by atoms with E-state index >= 15 is 0 Å². The summed E-state index contributed by atoms with van der Waals surface area (Å²) >= 11 is 0. The van der Waals surface area contributed by atoms with Gasteiger partial charge in [0.2, 0.25) is 0 Å². The van der Waals surface area contributed by atoms with Crippen molar-refractivity contribution in [3.63, 3.8) is 0 Å². The van der Waals surface area contributed by atoms with Crippen molar-refractivity contribution in [1.29, 1.82) is 0 Å². The van der Waals surface area contributed by atoms with Crippen molar-refractivity contribution in [2.75, 3.05) is 5.32 Å². The third-order valence-corrected chi connectivity index (χ3v) is 4.66. The highest BCUT2D eigenvalue weighted by Gasteiger charge is 2.07. The van der Waals surface area contributed by atoms with Crippen molar-refractivity contribution in [1.82, 2.24) is 9.97 Å². The van der Waals surface area contributed by atoms with Crippen LogP contribution in [0.2, 0.25) is 0 Å². The number of hydrogen-bond donors (Lipinski definition) is 2. The van der Waals surface area contributed by atoms with Gasteiger partial charge in [-0.1, -0.05) is 18.2 Å². The Balaban J connectivity index is 1.37. The molecule has 0 spiro atoms. The van der Waals surface area contributed by atoms with E-state index in [1.54, 1.807) is 0 Å². The summed E-state index contributed by atoms with van der Waals surface area (Å²) in [6.45, 7) is 2.07. The summed E-state index contributed by atoms with van der Waals surface area (Å²) in [7, 11) is 0. The first-order valence-electron chi connectivity index (χ1n) is 9.18. The first-order chi connectivity index (χ1) is 13.6. The summed E-state index contributed by atoms with van der Waals surface area (Å²) in [6, 6.07) is 19.4. The van der Waals surface area contributed by atoms with Crippen LogP contribution in [0.3, 0.4) is 0 Å². The number of nitrogens with zero attached hydrogens (tertiary/aromatic N) is 1. The van der Waals surface area contributed by atoms with Crippen LogP contribution < -0.4 is 5.32 Å². The van der Waals surface area contributed by atoms with Gasteiger partial charge in [-0.25, -0.2) is 9.37 Å². The number of fused-ring (bicyclic) bond motifs is 1. The van der Waals surface area contributed by atoms with Gasteiger partial charge < -0.3 is 10.3 Å². The number of nitrogens with one attached hydrogen (secondary N) is 2. The maximum atomic E-state index is 13.0. The van der Waals surface area contributed by atoms with Gasteiger partial charge in [0.25, 0.3) is 5.91 Å². The lowest BCUT2D eigenvalue weighted by molar-refractivity contribution is 0.102. The highest BCUT2D eigenvalue weighted by Crippen LogP contribution is 2.16. The Morgan fingerprint density at radius 3 is 2.50 bits per heavy atom. The van der Waals surface area contributed by atoms with Crippen molar-refractivity contribution in [3.8, 4) is 0 Å². The topological polar surface area (TPSA) is 57.8 Å². The van der Waals surface area contributed by atoms with E-state index in [1.807, 2.05) is 30.3 Å². The Hall–Kier alpha value is -3.47. The molecule has 140 valence electrons. The van der Waals surface area contributed by atoms with E-state index in [0.29, 0.717) is 11.3 Å². The average Bonchev–Trinajstić information content (AvgIpc) is 3.10. The maximum Gasteiger partial charge on any atom is 0.255 e. The molecule has 4 nitrogen and oxygen atoms in total. The maximum absolute atomic E-state index is 13.0. The zero-order valence-electron chi connectivity index (χ0n) is 15.5. The van der Waals surface area contributed by atoms with Crippen LogP contribution in [-0.2, 0) is 12.8 Å². The number of carbonyl (C=O) groups is 1. The van der Waals surface area contributed by atoms with Crippen molar-refractivity contribution >= 4 is 22.6 Å². The number of hydrogen-bond acceptors (Lipinski definition) is 2. The van der Waals surface area contributed by atoms with E-state index in [-0.39, 0.29) is 11.7 Å². The van der Waals surface area contributed by atoms with Crippen LogP contribution >= 0.6 is 0 Å². The molecule has 0 aliphatic heterocycles. The summed E-state index contributed by atoms with van der Waals surface area (Å²) < 4.78 is 13.0. The van der Waals surface area contributed by atoms with Crippen LogP contribution in [0.4, 0.5) is 10.1 Å². The third-order valence-electron chi connectivity index (χ3n) is 4.66. The molecule has 0 bridgehead atoms. The standard InChI is InChI=1S/C23H20FN3O/c1-15-2-12-20-21(14-15)27-22(26-20)13-5-16-3-10-19(11-4-16)25-23(28)17-6-8-18(24)9-7-17/h2-4,6-12,14H,5,13H2,1H3,(H,25,28)(H,26,27). The Morgan fingerprint density at radius 1 is 1.00 bits per heavy atom. The summed E-state index contributed by atoms with van der Waals surface area (Å²) in [6.07, 6.45) is 1.67. The van der Waals surface area contributed by atoms with Crippen molar-refractivity contribution in [3.05, 3.63) is 95.1 Å². The molecule has 1 aromatic heterocycles. The van der Waals surface area contributed by atoms with Crippen LogP contribution in [0.5, 0.6) is 0 Å². The van der Waals surface area contributed by atoms with E-state index in [9.17, 15) is 9.18 Å². The number of amides is 1. The number of rotatable bonds is 5. The Bertz CT molecular complexity index is 1120. The number of anilines is 1. The van der Waals surface area contributed by atoms with Gasteiger partial charge in [-0.2, -0.15) is 0 Å². The van der Waals surface area contributed by atoms with Crippen LogP contribution in [0.15, 0.2) is 66.7 Å². The quantitative estimate of drug-likeness (QED) is 0.514. The fourth-order valence-electron chi connectivity index (χ4n) is 3.12. The normalized spacial score (nSPS) is 10.9. The number of imidazole rings is 1. The Kier molecular flexibility index (Phi) is 4.89. The lowest BCUT2D eigenvalue weighted by atomic mass is 10.1. The van der Waals surface area contributed by atoms with Crippen LogP contribution in [0, 0.1) is 12.7 Å². The first-order valence-corrected chi connectivity index (χ1v) is 9.18. The molecule has 0 aliphatic carbocycles. The zero-order valence-corrected chi connectivity index (χ0v) is 15.5. The van der Waals surface area contributed by atoms with Crippen LogP contribution in [0.25, 0.3) is 11.0 Å². The predicted octanol–water partition coefficient (Wildman–Crippen LogP) is 5.05. The molecule has 0 unspecified atom stereocenters. The zero-order chi connectivity index (χ0) is 19.5. The van der Waals surface area contributed by atoms with Crippen LogP contribution in [-0.4, -0.2) is 15.9 Å². The second-order valence-corrected chi connectivity index (χ2v) is 6.86. The number of aromatic nitrogens is 2. The molecule has 4 aromatic rings. The minimum absolute atomic E-state index is 0.259. The van der Waals surface area contributed by atoms with Crippen molar-refractivity contribution < 1.29 is 9.18 Å². The molecule has 1 amide bonds. The Morgan fingerprint density at radius 2 is 1.75 bits per heavy atom. The number of carbonyl (C=O) groups excluding carboxylic acids is 1. The number of aryl methyl sites for hydroxylation is 3. The van der Waals surface area contributed by atoms with Gasteiger partial charge in [-0.3, -0.25) is 4.79 Å². The number of aromatic amines is 1. The summed E-state index contributed by atoms with van der Waals surface area (Å²) in [4.78, 5) is 20.2. The molecule has 5 heteroatoms. The molecule has 0 fully saturated rings. The average molecular weight is 373 g/mol. The monoisotopic (exact) mass is 373 g/mol. The molecule has 1 heterocycles. The molecule has 0 atom stereocenters. The number of H-pyrrole nitrogens is 1. The highest BCUT2D eigenvalue weighted by atomic mass is 19.1. The van der Waals surface area contributed by atoms with Gasteiger partial charge in [0.05, 0.1) is 11.0 Å². The molecule has 0 saturated heterocycles. The molecule has 4 rings (SSSR count). The van der Waals surface area contributed by atoms with Gasteiger partial charge in [0, 0.05) is 17.7 Å². The van der Waals surface area contributed by atoms with E-state index in [1.165, 1.54) is 29.8 Å². The molecular weight excluding hydrogens is 353 g/mol. The van der Waals surface area contributed by atoms with E-state index < -0.39 is 0 Å². The minimum Gasteiger partial charge on any atom is -0.342 e. The number of benzene rings is 3. The number of halogens is 1. The molecular formula is C23H20FN3O. The third kappa shape index (κ3) is 4.09. The van der Waals surface area contributed by atoms with E-state index in [4.69, 9.17) is 0 Å². The minimum atomic E-state index is -0.361. The van der Waals surface area contributed by atoms with Crippen molar-refractivity contribution in [2.24, 2.45) is 0 Å². The smallest absolute Gasteiger partial charge is 0.255 e. The fourth-order valence-corrected chi connectivity index (χ4v) is 3.12. The predicted molar refractivity (Wildman–Crippen MR) is 109 cm³/mol. The SMILES string of the molecule is Cc1ccc2nc(CCc3ccc(NC(=O)c4ccc(F)cc4)cc3)[nH]c2c1. The lowest BCUT2D eigenvalue weighted by Crippen LogP contribution is -2.11. The summed E-state index contributed by atoms with van der Waals surface area (Å²) in [5.41, 5.74) is 5.55. The molecule has 0 aliphatic rings. The highest BCUT2D eigenvalue weighted by molar-refractivity contribution is 6.04. The molecule has 2 N–H and O–H groups in total. The van der Waals surface area contributed by atoms with Gasteiger partial charge in [-0.15, -0.1) is 0 Å². The van der Waals surface area contributed by atoms with Crippen molar-refractivity contribution in [2.45, 2.75) is 19.8 Å². The molecule has 28 heavy (non-hydrogen) atoms. The van der Waals surface area contributed by atoms with Gasteiger partial charge in [0.1, 0.15) is 11.6 Å². The largest absolute Gasteiger partial charge is 0.342 e. The van der Waals surface area contributed by atoms with Gasteiger partial charge in [0.15, 0.2) is 0 Å². The Labute approximate surface area is 162 Å². The lowest BCUT2D eigenvalue weighted by Gasteiger charge is -2.06. The second kappa shape index (κ2) is 7.64. The molecule has 3 aromatic carbocycles. The van der Waals surface area contributed by atoms with Gasteiger partial charge in [-0.05, 0) is 73.0 Å². The van der Waals surface area contributed by atoms with Gasteiger partial charge >= 0.3 is 0 Å². The second-order valence-electron chi connectivity index (χ2n) is 6.86. The summed E-state index contributed by atoms with van der Waals surface area (Å²) in [5.74, 6) is 0.347. The fraction of sp³-hybridized carbons (Fsp3) is 0.130. The molecule has 0 saturated carbocycles. The van der Waals surface area contributed by atoms with E-state index in [2.05, 4.69) is 34.3 Å². The summed E-state index contributed by atoms with van der Waals surface area (Å²) in [5, 5.41) is 2.82. The van der Waals surface area contributed by atoms with E-state index in [0.717, 1.165) is 35.3 Å².